The van der Waals surface area contributed by atoms with Gasteiger partial charge in [0.1, 0.15) is 5.15 Å². The van der Waals surface area contributed by atoms with Gasteiger partial charge in [-0.05, 0) is 42.3 Å². The lowest BCUT2D eigenvalue weighted by molar-refractivity contribution is 0.0963. The second-order valence-electron chi connectivity index (χ2n) is 6.67. The molecule has 0 aliphatic rings. The van der Waals surface area contributed by atoms with Crippen LogP contribution in [0.3, 0.4) is 0 Å². The SMILES string of the molecule is CNC(=O)c1cccc([C@H](C)n2cnc3cc(-c4cn[nH]c4Cl)ccc3c2=O)c1. The summed E-state index contributed by atoms with van der Waals surface area (Å²) in [5, 5.41) is 10.2. The molecule has 0 radical (unpaired) electrons. The minimum Gasteiger partial charge on any atom is -0.355 e. The molecule has 4 rings (SSSR count). The number of nitrogens with zero attached hydrogens (tertiary/aromatic N) is 3. The van der Waals surface area contributed by atoms with Gasteiger partial charge in [-0.3, -0.25) is 19.3 Å². The average molecular weight is 408 g/mol. The highest BCUT2D eigenvalue weighted by atomic mass is 35.5. The number of aromatic nitrogens is 4. The van der Waals surface area contributed by atoms with E-state index in [-0.39, 0.29) is 17.5 Å². The summed E-state index contributed by atoms with van der Waals surface area (Å²) in [5.41, 5.74) is 3.38. The number of carbonyl (C=O) groups excluding carboxylic acids is 1. The lowest BCUT2D eigenvalue weighted by Gasteiger charge is -2.16. The van der Waals surface area contributed by atoms with Crippen LogP contribution in [0.15, 0.2) is 59.8 Å². The van der Waals surface area contributed by atoms with E-state index in [1.807, 2.05) is 25.1 Å². The summed E-state index contributed by atoms with van der Waals surface area (Å²) in [4.78, 5) is 29.5. The first-order valence-corrected chi connectivity index (χ1v) is 9.39. The van der Waals surface area contributed by atoms with E-state index in [9.17, 15) is 9.59 Å². The average Bonchev–Trinajstić information content (AvgIpc) is 3.18. The monoisotopic (exact) mass is 407 g/mol. The van der Waals surface area contributed by atoms with Crippen LogP contribution in [0.4, 0.5) is 0 Å². The molecule has 1 atom stereocenters. The zero-order chi connectivity index (χ0) is 20.5. The standard InChI is InChI=1S/C21H18ClN5O2/c1-12(13-4-3-5-15(8-13)20(28)23-2)27-11-24-18-9-14(6-7-16(18)21(27)29)17-10-25-26-19(17)22/h3-12H,1-2H3,(H,23,28)(H,25,26)/t12-/m0/s1. The van der Waals surface area contributed by atoms with Crippen LogP contribution in [-0.2, 0) is 0 Å². The van der Waals surface area contributed by atoms with E-state index >= 15 is 0 Å². The van der Waals surface area contributed by atoms with E-state index in [0.717, 1.165) is 16.7 Å². The highest BCUT2D eigenvalue weighted by Gasteiger charge is 2.15. The second kappa shape index (κ2) is 7.52. The normalized spacial score (nSPS) is 12.1. The molecule has 1 amide bonds. The summed E-state index contributed by atoms with van der Waals surface area (Å²) in [7, 11) is 1.58. The summed E-state index contributed by atoms with van der Waals surface area (Å²) < 4.78 is 1.57. The van der Waals surface area contributed by atoms with Crippen molar-refractivity contribution in [2.45, 2.75) is 13.0 Å². The number of hydrogen-bond donors (Lipinski definition) is 2. The number of nitrogens with one attached hydrogen (secondary N) is 2. The Labute approximate surface area is 171 Å². The first kappa shape index (κ1) is 18.9. The molecule has 29 heavy (non-hydrogen) atoms. The molecule has 0 aliphatic heterocycles. The number of halogens is 1. The van der Waals surface area contributed by atoms with Crippen molar-refractivity contribution in [1.82, 2.24) is 25.1 Å². The number of H-pyrrole nitrogens is 1. The van der Waals surface area contributed by atoms with Gasteiger partial charge < -0.3 is 5.32 Å². The van der Waals surface area contributed by atoms with Gasteiger partial charge in [0.05, 0.1) is 29.5 Å². The van der Waals surface area contributed by atoms with Crippen LogP contribution in [-0.4, -0.2) is 32.7 Å². The third kappa shape index (κ3) is 3.40. The summed E-state index contributed by atoms with van der Waals surface area (Å²) >= 11 is 6.10. The fraction of sp³-hybridized carbons (Fsp3) is 0.143. The van der Waals surface area contributed by atoms with Crippen LogP contribution in [0.2, 0.25) is 5.15 Å². The van der Waals surface area contributed by atoms with Gasteiger partial charge in [-0.25, -0.2) is 4.98 Å². The quantitative estimate of drug-likeness (QED) is 0.542. The minimum absolute atomic E-state index is 0.155. The Bertz CT molecular complexity index is 1280. The highest BCUT2D eigenvalue weighted by Crippen LogP contribution is 2.27. The maximum absolute atomic E-state index is 13.1. The maximum Gasteiger partial charge on any atom is 0.261 e. The molecule has 0 aliphatic carbocycles. The fourth-order valence-electron chi connectivity index (χ4n) is 3.30. The molecule has 0 unspecified atom stereocenters. The first-order valence-electron chi connectivity index (χ1n) is 9.01. The predicted octanol–water partition coefficient (Wildman–Crippen LogP) is 3.41. The fourth-order valence-corrected chi connectivity index (χ4v) is 3.50. The van der Waals surface area contributed by atoms with Crippen LogP contribution in [0.5, 0.6) is 0 Å². The van der Waals surface area contributed by atoms with Crippen LogP contribution in [0, 0.1) is 0 Å². The summed E-state index contributed by atoms with van der Waals surface area (Å²) in [6.07, 6.45) is 3.16. The zero-order valence-electron chi connectivity index (χ0n) is 15.8. The molecular weight excluding hydrogens is 390 g/mol. The number of aromatic amines is 1. The molecule has 146 valence electrons. The molecule has 0 saturated carbocycles. The molecule has 2 N–H and O–H groups in total. The van der Waals surface area contributed by atoms with Crippen LogP contribution in [0.1, 0.15) is 28.9 Å². The Morgan fingerprint density at radius 3 is 2.79 bits per heavy atom. The van der Waals surface area contributed by atoms with Crippen molar-refractivity contribution in [2.75, 3.05) is 7.05 Å². The lowest BCUT2D eigenvalue weighted by atomic mass is 10.0. The maximum atomic E-state index is 13.1. The van der Waals surface area contributed by atoms with Crippen molar-refractivity contribution in [3.8, 4) is 11.1 Å². The molecule has 0 fully saturated rings. The Balaban J connectivity index is 1.75. The molecule has 0 saturated heterocycles. The number of benzene rings is 2. The molecule has 2 heterocycles. The summed E-state index contributed by atoms with van der Waals surface area (Å²) in [6, 6.07) is 12.3. The lowest BCUT2D eigenvalue weighted by Crippen LogP contribution is -2.25. The van der Waals surface area contributed by atoms with Crippen molar-refractivity contribution in [1.29, 1.82) is 0 Å². The van der Waals surface area contributed by atoms with Crippen molar-refractivity contribution in [3.05, 3.63) is 81.6 Å². The van der Waals surface area contributed by atoms with Crippen molar-refractivity contribution in [2.24, 2.45) is 0 Å². The molecule has 4 aromatic rings. The van der Waals surface area contributed by atoms with E-state index in [1.165, 1.54) is 6.33 Å². The first-order chi connectivity index (χ1) is 14.0. The number of rotatable bonds is 4. The Morgan fingerprint density at radius 1 is 1.24 bits per heavy atom. The van der Waals surface area contributed by atoms with E-state index in [0.29, 0.717) is 21.6 Å². The molecule has 2 aromatic carbocycles. The molecule has 2 aromatic heterocycles. The molecule has 7 nitrogen and oxygen atoms in total. The van der Waals surface area contributed by atoms with E-state index in [4.69, 9.17) is 11.6 Å². The molecule has 0 spiro atoms. The number of amides is 1. The van der Waals surface area contributed by atoms with E-state index in [2.05, 4.69) is 20.5 Å². The predicted molar refractivity (Wildman–Crippen MR) is 112 cm³/mol. The van der Waals surface area contributed by atoms with Crippen LogP contribution in [0.25, 0.3) is 22.0 Å². The zero-order valence-corrected chi connectivity index (χ0v) is 16.6. The van der Waals surface area contributed by atoms with E-state index < -0.39 is 0 Å². The van der Waals surface area contributed by atoms with Crippen molar-refractivity contribution in [3.63, 3.8) is 0 Å². The van der Waals surface area contributed by atoms with Gasteiger partial charge >= 0.3 is 0 Å². The smallest absolute Gasteiger partial charge is 0.261 e. The van der Waals surface area contributed by atoms with Gasteiger partial charge in [-0.1, -0.05) is 29.8 Å². The largest absolute Gasteiger partial charge is 0.355 e. The molecular formula is C21H18ClN5O2. The topological polar surface area (TPSA) is 92.7 Å². The third-order valence-corrected chi connectivity index (χ3v) is 5.25. The minimum atomic E-state index is -0.285. The van der Waals surface area contributed by atoms with Crippen LogP contribution < -0.4 is 10.9 Å². The summed E-state index contributed by atoms with van der Waals surface area (Å²) in [6.45, 7) is 1.90. The number of hydrogen-bond acceptors (Lipinski definition) is 4. The molecule has 8 heteroatoms. The third-order valence-electron chi connectivity index (χ3n) is 4.96. The van der Waals surface area contributed by atoms with Gasteiger partial charge in [0.25, 0.3) is 11.5 Å². The second-order valence-corrected chi connectivity index (χ2v) is 7.05. The Morgan fingerprint density at radius 2 is 2.07 bits per heavy atom. The van der Waals surface area contributed by atoms with Gasteiger partial charge in [0, 0.05) is 18.2 Å². The van der Waals surface area contributed by atoms with Gasteiger partial charge in [0.2, 0.25) is 0 Å². The summed E-state index contributed by atoms with van der Waals surface area (Å²) in [5.74, 6) is -0.173. The Kier molecular flexibility index (Phi) is 4.90. The van der Waals surface area contributed by atoms with E-state index in [1.54, 1.807) is 42.1 Å². The molecule has 0 bridgehead atoms. The van der Waals surface area contributed by atoms with Crippen molar-refractivity contribution < 1.29 is 4.79 Å². The van der Waals surface area contributed by atoms with Gasteiger partial charge in [-0.15, -0.1) is 0 Å². The van der Waals surface area contributed by atoms with Gasteiger partial charge in [-0.2, -0.15) is 5.10 Å². The van der Waals surface area contributed by atoms with Gasteiger partial charge in [0.15, 0.2) is 0 Å². The van der Waals surface area contributed by atoms with Crippen LogP contribution >= 0.6 is 11.6 Å². The highest BCUT2D eigenvalue weighted by molar-refractivity contribution is 6.32. The number of carbonyl (C=O) groups is 1. The number of fused-ring (bicyclic) bond motifs is 1. The Hall–Kier alpha value is -3.45. The van der Waals surface area contributed by atoms with Crippen molar-refractivity contribution >= 4 is 28.4 Å².